The van der Waals surface area contributed by atoms with Gasteiger partial charge >= 0.3 is 0 Å². The molecule has 2 aromatic heterocycles. The summed E-state index contributed by atoms with van der Waals surface area (Å²) in [5, 5.41) is 8.59. The van der Waals surface area contributed by atoms with Gasteiger partial charge < -0.3 is 9.47 Å². The molecular formula is C25H18F2N4O4S. The largest absolute Gasteiger partial charge is 0.466 e. The zero-order valence-corrected chi connectivity index (χ0v) is 19.5. The van der Waals surface area contributed by atoms with Gasteiger partial charge in [-0.1, -0.05) is 6.07 Å². The van der Waals surface area contributed by atoms with Gasteiger partial charge in [0.2, 0.25) is 6.29 Å². The number of rotatable bonds is 6. The number of hydrogen-bond donors (Lipinski definition) is 1. The maximum absolute atomic E-state index is 14.2. The van der Waals surface area contributed by atoms with Crippen LogP contribution in [0.2, 0.25) is 0 Å². The van der Waals surface area contributed by atoms with Gasteiger partial charge in [-0.25, -0.2) is 17.2 Å². The second kappa shape index (κ2) is 9.44. The van der Waals surface area contributed by atoms with Crippen LogP contribution in [0.4, 0.5) is 8.78 Å². The lowest BCUT2D eigenvalue weighted by Gasteiger charge is -2.24. The highest BCUT2D eigenvalue weighted by Gasteiger charge is 2.27. The summed E-state index contributed by atoms with van der Waals surface area (Å²) >= 11 is 0. The third-order valence-corrected chi connectivity index (χ3v) is 6.92. The van der Waals surface area contributed by atoms with Crippen LogP contribution in [0.25, 0.3) is 27.6 Å². The molecule has 1 atom stereocenters. The van der Waals surface area contributed by atoms with Crippen molar-refractivity contribution >= 4 is 26.5 Å². The Balaban J connectivity index is 1.53. The highest BCUT2D eigenvalue weighted by atomic mass is 32.2. The van der Waals surface area contributed by atoms with Crippen molar-refractivity contribution in [3.05, 3.63) is 102 Å². The average Bonchev–Trinajstić information content (AvgIpc) is 2.88. The average molecular weight is 509 g/mol. The van der Waals surface area contributed by atoms with E-state index in [-0.39, 0.29) is 5.70 Å². The molecular weight excluding hydrogens is 490 g/mol. The first-order chi connectivity index (χ1) is 17.4. The summed E-state index contributed by atoms with van der Waals surface area (Å²) in [6.07, 6.45) is 6.82. The minimum Gasteiger partial charge on any atom is -0.466 e. The number of fused-ring (bicyclic) bond motifs is 1. The van der Waals surface area contributed by atoms with Crippen molar-refractivity contribution in [3.63, 3.8) is 0 Å². The van der Waals surface area contributed by atoms with Crippen LogP contribution < -0.4 is 4.72 Å². The second-order valence-corrected chi connectivity index (χ2v) is 9.43. The number of aromatic nitrogens is 3. The fourth-order valence-electron chi connectivity index (χ4n) is 3.82. The Bertz CT molecular complexity index is 1630. The van der Waals surface area contributed by atoms with Gasteiger partial charge in [0.25, 0.3) is 10.0 Å². The SMILES string of the molecule is COC1OC=C(c2ccc3nccc(-c4ccnnc4)c3c2)C=C1NS(=O)(=O)c1ccc(F)cc1F. The fraction of sp³-hybridized carbons (Fsp3) is 0.0800. The van der Waals surface area contributed by atoms with Crippen LogP contribution in [-0.2, 0) is 19.5 Å². The second-order valence-electron chi connectivity index (χ2n) is 7.78. The van der Waals surface area contributed by atoms with Crippen molar-refractivity contribution in [2.45, 2.75) is 11.2 Å². The van der Waals surface area contributed by atoms with E-state index in [9.17, 15) is 17.2 Å². The summed E-state index contributed by atoms with van der Waals surface area (Å²) < 4.78 is 66.3. The summed E-state index contributed by atoms with van der Waals surface area (Å²) in [6.45, 7) is 0. The van der Waals surface area contributed by atoms with Crippen LogP contribution in [0, 0.1) is 11.6 Å². The van der Waals surface area contributed by atoms with Gasteiger partial charge in [-0.3, -0.25) is 9.71 Å². The molecule has 0 radical (unpaired) electrons. The lowest BCUT2D eigenvalue weighted by Crippen LogP contribution is -2.33. The van der Waals surface area contributed by atoms with Crippen LogP contribution in [0.1, 0.15) is 5.56 Å². The number of methoxy groups -OCH3 is 1. The van der Waals surface area contributed by atoms with E-state index in [1.165, 1.54) is 19.4 Å². The standard InChI is InChI=1S/C25H18F2N4O4S/c1-34-25-23(31-36(32,33)24-5-3-18(26)12-21(24)27)11-17(14-35-25)15-2-4-22-20(10-15)19(7-8-28-22)16-6-9-29-30-13-16/h2-14,25,31H,1H3. The molecule has 3 heterocycles. The van der Waals surface area contributed by atoms with Gasteiger partial charge in [0.1, 0.15) is 16.5 Å². The summed E-state index contributed by atoms with van der Waals surface area (Å²) in [6, 6.07) is 11.4. The van der Waals surface area contributed by atoms with Crippen molar-refractivity contribution < 1.29 is 26.7 Å². The first kappa shape index (κ1) is 23.5. The van der Waals surface area contributed by atoms with Crippen LogP contribution in [-0.4, -0.2) is 37.0 Å². The zero-order valence-electron chi connectivity index (χ0n) is 18.7. The molecule has 0 saturated heterocycles. The monoisotopic (exact) mass is 508 g/mol. The van der Waals surface area contributed by atoms with Gasteiger partial charge in [0, 0.05) is 35.9 Å². The minimum atomic E-state index is -4.40. The number of halogens is 2. The topological polar surface area (TPSA) is 103 Å². The number of ether oxygens (including phenoxy) is 2. The quantitative estimate of drug-likeness (QED) is 0.417. The molecule has 0 fully saturated rings. The minimum absolute atomic E-state index is 0.0172. The van der Waals surface area contributed by atoms with Gasteiger partial charge in [-0.2, -0.15) is 10.2 Å². The first-order valence-electron chi connectivity index (χ1n) is 10.6. The van der Waals surface area contributed by atoms with Gasteiger partial charge in [0.05, 0.1) is 29.9 Å². The number of nitrogens with zero attached hydrogens (tertiary/aromatic N) is 3. The number of benzene rings is 2. The summed E-state index contributed by atoms with van der Waals surface area (Å²) in [7, 11) is -3.07. The third-order valence-electron chi connectivity index (χ3n) is 5.50. The molecule has 2 aromatic carbocycles. The molecule has 4 aromatic rings. The van der Waals surface area contributed by atoms with Gasteiger partial charge in [-0.05, 0) is 53.6 Å². The number of pyridine rings is 1. The van der Waals surface area contributed by atoms with Crippen molar-refractivity contribution in [3.8, 4) is 11.1 Å². The molecule has 5 rings (SSSR count). The molecule has 1 N–H and O–H groups in total. The Hall–Kier alpha value is -4.22. The third kappa shape index (κ3) is 4.53. The maximum atomic E-state index is 14.2. The van der Waals surface area contributed by atoms with E-state index >= 15 is 0 Å². The maximum Gasteiger partial charge on any atom is 0.264 e. The normalized spacial score (nSPS) is 15.7. The Morgan fingerprint density at radius 2 is 1.86 bits per heavy atom. The lowest BCUT2D eigenvalue weighted by molar-refractivity contribution is -0.0581. The molecule has 1 aliphatic heterocycles. The molecule has 182 valence electrons. The van der Waals surface area contributed by atoms with E-state index in [2.05, 4.69) is 19.9 Å². The van der Waals surface area contributed by atoms with Gasteiger partial charge in [-0.15, -0.1) is 0 Å². The Kier molecular flexibility index (Phi) is 6.17. The number of allylic oxidation sites excluding steroid dienone is 2. The van der Waals surface area contributed by atoms with Crippen molar-refractivity contribution in [1.82, 2.24) is 19.9 Å². The molecule has 36 heavy (non-hydrogen) atoms. The molecule has 8 nitrogen and oxygen atoms in total. The smallest absolute Gasteiger partial charge is 0.264 e. The van der Waals surface area contributed by atoms with E-state index < -0.39 is 32.8 Å². The van der Waals surface area contributed by atoms with Crippen LogP contribution >= 0.6 is 0 Å². The zero-order chi connectivity index (χ0) is 25.3. The molecule has 0 bridgehead atoms. The van der Waals surface area contributed by atoms with Crippen LogP contribution in [0.3, 0.4) is 0 Å². The molecule has 0 saturated carbocycles. The van der Waals surface area contributed by atoms with Gasteiger partial charge in [0.15, 0.2) is 0 Å². The number of nitrogens with one attached hydrogen (secondary N) is 1. The van der Waals surface area contributed by atoms with Crippen molar-refractivity contribution in [1.29, 1.82) is 0 Å². The van der Waals surface area contributed by atoms with Crippen LogP contribution in [0.15, 0.2) is 90.1 Å². The predicted molar refractivity (Wildman–Crippen MR) is 127 cm³/mol. The summed E-state index contributed by atoms with van der Waals surface area (Å²) in [5.41, 5.74) is 3.75. The molecule has 11 heteroatoms. The lowest BCUT2D eigenvalue weighted by atomic mass is 9.98. The van der Waals surface area contributed by atoms with Crippen molar-refractivity contribution in [2.24, 2.45) is 0 Å². The van der Waals surface area contributed by atoms with E-state index in [0.717, 1.165) is 34.2 Å². The molecule has 0 amide bonds. The highest BCUT2D eigenvalue weighted by molar-refractivity contribution is 7.89. The number of sulfonamides is 1. The summed E-state index contributed by atoms with van der Waals surface area (Å²) in [4.78, 5) is 3.71. The highest BCUT2D eigenvalue weighted by Crippen LogP contribution is 2.32. The number of hydrogen-bond acceptors (Lipinski definition) is 7. The summed E-state index contributed by atoms with van der Waals surface area (Å²) in [5.74, 6) is -2.11. The van der Waals surface area contributed by atoms with E-state index in [1.54, 1.807) is 18.6 Å². The Morgan fingerprint density at radius 1 is 1.00 bits per heavy atom. The van der Waals surface area contributed by atoms with E-state index in [0.29, 0.717) is 17.2 Å². The molecule has 1 unspecified atom stereocenters. The molecule has 0 spiro atoms. The fourth-order valence-corrected chi connectivity index (χ4v) is 4.96. The predicted octanol–water partition coefficient (Wildman–Crippen LogP) is 4.18. The Morgan fingerprint density at radius 3 is 2.61 bits per heavy atom. The Labute approximate surface area is 205 Å². The van der Waals surface area contributed by atoms with E-state index in [1.807, 2.05) is 30.3 Å². The van der Waals surface area contributed by atoms with E-state index in [4.69, 9.17) is 9.47 Å². The molecule has 0 aliphatic carbocycles. The van der Waals surface area contributed by atoms with Crippen LogP contribution in [0.5, 0.6) is 0 Å². The first-order valence-corrected chi connectivity index (χ1v) is 12.1. The van der Waals surface area contributed by atoms with Crippen molar-refractivity contribution in [2.75, 3.05) is 7.11 Å². The molecule has 1 aliphatic rings.